The van der Waals surface area contributed by atoms with Crippen molar-refractivity contribution in [1.29, 1.82) is 0 Å². The monoisotopic (exact) mass is 283 g/mol. The Balaban J connectivity index is 1.92. The molecule has 0 aliphatic rings. The summed E-state index contributed by atoms with van der Waals surface area (Å²) in [6.07, 6.45) is 0. The highest BCUT2D eigenvalue weighted by Gasteiger charge is 2.09. The number of nitrogens with one attached hydrogen (secondary N) is 1. The first-order valence-corrected chi connectivity index (χ1v) is 6.94. The molecule has 0 aliphatic heterocycles. The lowest BCUT2D eigenvalue weighted by molar-refractivity contribution is 0.0951. The van der Waals surface area contributed by atoms with Gasteiger partial charge in [0.1, 0.15) is 0 Å². The largest absolute Gasteiger partial charge is 0.378 e. The average Bonchev–Trinajstić information content (AvgIpc) is 2.53. The number of hydrogen-bond donors (Lipinski definition) is 2. The molecule has 0 heterocycles. The van der Waals surface area contributed by atoms with Crippen molar-refractivity contribution < 1.29 is 4.79 Å². The van der Waals surface area contributed by atoms with Gasteiger partial charge in [0, 0.05) is 37.9 Å². The molecule has 0 bridgehead atoms. The van der Waals surface area contributed by atoms with Crippen LogP contribution >= 0.6 is 0 Å². The zero-order chi connectivity index (χ0) is 15.2. The molecule has 21 heavy (non-hydrogen) atoms. The number of rotatable bonds is 5. The van der Waals surface area contributed by atoms with E-state index in [2.05, 4.69) is 5.32 Å². The highest BCUT2D eigenvalue weighted by molar-refractivity contribution is 5.94. The van der Waals surface area contributed by atoms with E-state index in [0.717, 1.165) is 11.3 Å². The van der Waals surface area contributed by atoms with Crippen LogP contribution in [0.25, 0.3) is 0 Å². The molecule has 2 aromatic rings. The fourth-order valence-electron chi connectivity index (χ4n) is 2.03. The van der Waals surface area contributed by atoms with Gasteiger partial charge in [-0.1, -0.05) is 30.3 Å². The summed E-state index contributed by atoms with van der Waals surface area (Å²) in [5.74, 6) is -0.105. The van der Waals surface area contributed by atoms with E-state index in [1.807, 2.05) is 73.6 Å². The third-order valence-electron chi connectivity index (χ3n) is 3.36. The first kappa shape index (κ1) is 15.1. The fourth-order valence-corrected chi connectivity index (χ4v) is 2.03. The van der Waals surface area contributed by atoms with E-state index in [-0.39, 0.29) is 11.9 Å². The Morgan fingerprint density at radius 3 is 2.29 bits per heavy atom. The van der Waals surface area contributed by atoms with Crippen LogP contribution in [-0.2, 0) is 0 Å². The molecule has 3 N–H and O–H groups in total. The van der Waals surface area contributed by atoms with E-state index in [4.69, 9.17) is 5.73 Å². The standard InChI is InChI=1S/C17H21N3O/c1-20(2)15-10-8-14(9-11-15)17(21)19-12-16(18)13-6-4-3-5-7-13/h3-11,16H,12,18H2,1-2H3,(H,19,21). The smallest absolute Gasteiger partial charge is 0.251 e. The lowest BCUT2D eigenvalue weighted by Crippen LogP contribution is -2.31. The zero-order valence-corrected chi connectivity index (χ0v) is 12.4. The van der Waals surface area contributed by atoms with Gasteiger partial charge in [-0.2, -0.15) is 0 Å². The molecule has 0 fully saturated rings. The number of benzene rings is 2. The van der Waals surface area contributed by atoms with E-state index in [0.29, 0.717) is 12.1 Å². The van der Waals surface area contributed by atoms with Gasteiger partial charge in [-0.05, 0) is 29.8 Å². The molecule has 0 aliphatic carbocycles. The first-order valence-electron chi connectivity index (χ1n) is 6.94. The fraction of sp³-hybridized carbons (Fsp3) is 0.235. The van der Waals surface area contributed by atoms with Crippen molar-refractivity contribution in [3.8, 4) is 0 Å². The molecule has 2 rings (SSSR count). The third-order valence-corrected chi connectivity index (χ3v) is 3.36. The summed E-state index contributed by atoms with van der Waals surface area (Å²) in [5, 5.41) is 2.87. The second-order valence-electron chi connectivity index (χ2n) is 5.17. The summed E-state index contributed by atoms with van der Waals surface area (Å²) in [7, 11) is 3.93. The van der Waals surface area contributed by atoms with E-state index in [1.54, 1.807) is 0 Å². The molecule has 1 amide bonds. The lowest BCUT2D eigenvalue weighted by atomic mass is 10.1. The van der Waals surface area contributed by atoms with E-state index in [1.165, 1.54) is 0 Å². The van der Waals surface area contributed by atoms with Gasteiger partial charge in [-0.25, -0.2) is 0 Å². The van der Waals surface area contributed by atoms with Crippen molar-refractivity contribution in [3.05, 3.63) is 65.7 Å². The van der Waals surface area contributed by atoms with Crippen molar-refractivity contribution in [2.75, 3.05) is 25.5 Å². The van der Waals surface area contributed by atoms with Gasteiger partial charge in [0.15, 0.2) is 0 Å². The van der Waals surface area contributed by atoms with E-state index >= 15 is 0 Å². The molecule has 4 nitrogen and oxygen atoms in total. The minimum Gasteiger partial charge on any atom is -0.378 e. The molecule has 0 saturated carbocycles. The lowest BCUT2D eigenvalue weighted by Gasteiger charge is -2.14. The van der Waals surface area contributed by atoms with Crippen molar-refractivity contribution in [2.24, 2.45) is 5.73 Å². The highest BCUT2D eigenvalue weighted by Crippen LogP contribution is 2.12. The van der Waals surface area contributed by atoms with Gasteiger partial charge in [0.25, 0.3) is 5.91 Å². The zero-order valence-electron chi connectivity index (χ0n) is 12.4. The molecule has 0 spiro atoms. The topological polar surface area (TPSA) is 58.4 Å². The number of anilines is 1. The van der Waals surface area contributed by atoms with Gasteiger partial charge in [-0.3, -0.25) is 4.79 Å². The summed E-state index contributed by atoms with van der Waals surface area (Å²) < 4.78 is 0. The molecule has 4 heteroatoms. The summed E-state index contributed by atoms with van der Waals surface area (Å²) >= 11 is 0. The number of amides is 1. The van der Waals surface area contributed by atoms with Crippen LogP contribution in [0.15, 0.2) is 54.6 Å². The maximum absolute atomic E-state index is 12.1. The van der Waals surface area contributed by atoms with E-state index in [9.17, 15) is 4.79 Å². The molecule has 1 atom stereocenters. The van der Waals surface area contributed by atoms with Gasteiger partial charge >= 0.3 is 0 Å². The second kappa shape index (κ2) is 6.90. The Morgan fingerprint density at radius 1 is 1.10 bits per heavy atom. The number of nitrogens with zero attached hydrogens (tertiary/aromatic N) is 1. The quantitative estimate of drug-likeness (QED) is 0.884. The van der Waals surface area contributed by atoms with Crippen LogP contribution in [0.5, 0.6) is 0 Å². The number of carbonyl (C=O) groups excluding carboxylic acids is 1. The van der Waals surface area contributed by atoms with Crippen LogP contribution in [0.1, 0.15) is 22.0 Å². The predicted octanol–water partition coefficient (Wildman–Crippen LogP) is 2.18. The van der Waals surface area contributed by atoms with Crippen molar-refractivity contribution >= 4 is 11.6 Å². The molecule has 0 saturated heterocycles. The van der Waals surface area contributed by atoms with Crippen LogP contribution in [0, 0.1) is 0 Å². The Bertz CT molecular complexity index is 579. The number of hydrogen-bond acceptors (Lipinski definition) is 3. The minimum atomic E-state index is -0.198. The van der Waals surface area contributed by atoms with Gasteiger partial charge < -0.3 is 16.0 Å². The summed E-state index contributed by atoms with van der Waals surface area (Å²) in [5.41, 5.74) is 8.78. The molecule has 0 radical (unpaired) electrons. The highest BCUT2D eigenvalue weighted by atomic mass is 16.1. The summed E-state index contributed by atoms with van der Waals surface area (Å²) in [6, 6.07) is 17.0. The third kappa shape index (κ3) is 4.07. The molecule has 110 valence electrons. The normalized spacial score (nSPS) is 11.8. The Labute approximate surface area is 125 Å². The SMILES string of the molecule is CN(C)c1ccc(C(=O)NCC(N)c2ccccc2)cc1. The Morgan fingerprint density at radius 2 is 1.71 bits per heavy atom. The number of carbonyl (C=O) groups is 1. The minimum absolute atomic E-state index is 0.105. The summed E-state index contributed by atoms with van der Waals surface area (Å²) in [4.78, 5) is 14.1. The Hall–Kier alpha value is -2.33. The average molecular weight is 283 g/mol. The van der Waals surface area contributed by atoms with Crippen LogP contribution in [-0.4, -0.2) is 26.5 Å². The predicted molar refractivity (Wildman–Crippen MR) is 86.5 cm³/mol. The number of nitrogens with two attached hydrogens (primary N) is 1. The molecule has 1 unspecified atom stereocenters. The second-order valence-corrected chi connectivity index (χ2v) is 5.17. The summed E-state index contributed by atoms with van der Waals surface area (Å²) in [6.45, 7) is 0.415. The molecule has 0 aromatic heterocycles. The molecular weight excluding hydrogens is 262 g/mol. The molecular formula is C17H21N3O. The van der Waals surface area contributed by atoms with E-state index < -0.39 is 0 Å². The van der Waals surface area contributed by atoms with Crippen molar-refractivity contribution in [2.45, 2.75) is 6.04 Å². The Kier molecular flexibility index (Phi) is 4.95. The van der Waals surface area contributed by atoms with Gasteiger partial charge in [0.2, 0.25) is 0 Å². The first-order chi connectivity index (χ1) is 10.1. The maximum atomic E-state index is 12.1. The van der Waals surface area contributed by atoms with Crippen LogP contribution < -0.4 is 16.0 Å². The van der Waals surface area contributed by atoms with Crippen molar-refractivity contribution in [1.82, 2.24) is 5.32 Å². The van der Waals surface area contributed by atoms with Gasteiger partial charge in [-0.15, -0.1) is 0 Å². The van der Waals surface area contributed by atoms with Crippen LogP contribution in [0.4, 0.5) is 5.69 Å². The van der Waals surface area contributed by atoms with Gasteiger partial charge in [0.05, 0.1) is 0 Å². The maximum Gasteiger partial charge on any atom is 0.251 e. The van der Waals surface area contributed by atoms with Crippen LogP contribution in [0.3, 0.4) is 0 Å². The van der Waals surface area contributed by atoms with Crippen molar-refractivity contribution in [3.63, 3.8) is 0 Å². The molecule has 2 aromatic carbocycles. The van der Waals surface area contributed by atoms with Crippen LogP contribution in [0.2, 0.25) is 0 Å².